The van der Waals surface area contributed by atoms with Crippen LogP contribution >= 0.6 is 11.3 Å². The predicted octanol–water partition coefficient (Wildman–Crippen LogP) is 0.627. The van der Waals surface area contributed by atoms with Crippen LogP contribution in [0.4, 0.5) is 0 Å². The molecule has 0 atom stereocenters. The molecule has 0 radical (unpaired) electrons. The maximum atomic E-state index is 12.1. The van der Waals surface area contributed by atoms with E-state index in [4.69, 9.17) is 4.74 Å². The molecule has 2 heterocycles. The minimum absolute atomic E-state index is 0.00326. The molecule has 0 amide bonds. The van der Waals surface area contributed by atoms with Crippen molar-refractivity contribution in [2.24, 2.45) is 0 Å². The summed E-state index contributed by atoms with van der Waals surface area (Å²) >= 11 is 0.665. The summed E-state index contributed by atoms with van der Waals surface area (Å²) in [4.78, 5) is 17.1. The molecule has 2 aromatic heterocycles. The molecule has 2 N–H and O–H groups in total. The zero-order valence-corrected chi connectivity index (χ0v) is 12.5. The third-order valence-corrected chi connectivity index (χ3v) is 5.51. The molecule has 0 saturated heterocycles. The Labute approximate surface area is 119 Å². The quantitative estimate of drug-likeness (QED) is 0.842. The third-order valence-electron chi connectivity index (χ3n) is 2.50. The maximum absolute atomic E-state index is 12.1. The fraction of sp³-hybridized carbons (Fsp3) is 0.273. The van der Waals surface area contributed by atoms with Crippen LogP contribution < -0.4 is 14.3 Å². The Hall–Kier alpha value is -1.71. The summed E-state index contributed by atoms with van der Waals surface area (Å²) in [5.41, 5.74) is 1.04. The van der Waals surface area contributed by atoms with Crippen molar-refractivity contribution >= 4 is 21.4 Å². The zero-order valence-electron chi connectivity index (χ0n) is 10.8. The zero-order chi connectivity index (χ0) is 14.8. The molecule has 20 heavy (non-hydrogen) atoms. The van der Waals surface area contributed by atoms with E-state index < -0.39 is 14.9 Å². The van der Waals surface area contributed by atoms with Gasteiger partial charge >= 0.3 is 4.87 Å². The molecule has 0 saturated carbocycles. The summed E-state index contributed by atoms with van der Waals surface area (Å²) in [6, 6.07) is 3.31. The highest BCUT2D eigenvalue weighted by molar-refractivity contribution is 7.91. The average Bonchev–Trinajstić information content (AvgIpc) is 2.77. The fourth-order valence-electron chi connectivity index (χ4n) is 1.56. The van der Waals surface area contributed by atoms with Crippen LogP contribution in [0.5, 0.6) is 5.88 Å². The van der Waals surface area contributed by atoms with Crippen molar-refractivity contribution in [1.82, 2.24) is 14.7 Å². The van der Waals surface area contributed by atoms with Crippen molar-refractivity contribution in [3.63, 3.8) is 0 Å². The number of hydrogen-bond donors (Lipinski definition) is 2. The smallest absolute Gasteiger partial charge is 0.305 e. The Morgan fingerprint density at radius 3 is 2.85 bits per heavy atom. The lowest BCUT2D eigenvalue weighted by Crippen LogP contribution is -2.23. The molecule has 2 aromatic rings. The first-order chi connectivity index (χ1) is 9.42. The summed E-state index contributed by atoms with van der Waals surface area (Å²) in [6.45, 7) is 1.63. The van der Waals surface area contributed by atoms with E-state index in [0.29, 0.717) is 28.5 Å². The van der Waals surface area contributed by atoms with Crippen LogP contribution in [0, 0.1) is 6.92 Å². The van der Waals surface area contributed by atoms with Crippen molar-refractivity contribution in [2.45, 2.75) is 17.7 Å². The van der Waals surface area contributed by atoms with E-state index in [-0.39, 0.29) is 10.8 Å². The molecule has 0 spiro atoms. The van der Waals surface area contributed by atoms with Gasteiger partial charge in [-0.25, -0.2) is 18.1 Å². The number of H-pyrrole nitrogens is 1. The number of aryl methyl sites for hydroxylation is 1. The van der Waals surface area contributed by atoms with E-state index in [2.05, 4.69) is 14.7 Å². The Bertz CT molecular complexity index is 764. The van der Waals surface area contributed by atoms with E-state index in [0.717, 1.165) is 0 Å². The van der Waals surface area contributed by atoms with Crippen molar-refractivity contribution in [3.8, 4) is 5.88 Å². The monoisotopic (exact) mass is 315 g/mol. The molecule has 7 nitrogen and oxygen atoms in total. The number of pyridine rings is 1. The number of aromatic nitrogens is 2. The molecule has 0 aliphatic heterocycles. The van der Waals surface area contributed by atoms with Gasteiger partial charge in [-0.3, -0.25) is 4.79 Å². The van der Waals surface area contributed by atoms with Crippen LogP contribution in [0.2, 0.25) is 0 Å². The summed E-state index contributed by atoms with van der Waals surface area (Å²) in [5, 5.41) is 0. The van der Waals surface area contributed by atoms with Gasteiger partial charge in [0, 0.05) is 24.5 Å². The second kappa shape index (κ2) is 5.73. The Balaban J connectivity index is 2.17. The van der Waals surface area contributed by atoms with Gasteiger partial charge in [0.1, 0.15) is 0 Å². The molecular formula is C11H13N3O4S2. The molecule has 0 fully saturated rings. The number of sulfonamides is 1. The maximum Gasteiger partial charge on any atom is 0.305 e. The largest absolute Gasteiger partial charge is 0.481 e. The molecule has 108 valence electrons. The average molecular weight is 315 g/mol. The van der Waals surface area contributed by atoms with Crippen molar-refractivity contribution in [3.05, 3.63) is 39.3 Å². The number of rotatable bonds is 5. The van der Waals surface area contributed by atoms with Crippen LogP contribution in [0.25, 0.3) is 0 Å². The Morgan fingerprint density at radius 2 is 2.25 bits per heavy atom. The summed E-state index contributed by atoms with van der Waals surface area (Å²) in [6.07, 6.45) is 1.53. The van der Waals surface area contributed by atoms with E-state index in [1.807, 2.05) is 0 Å². The van der Waals surface area contributed by atoms with Gasteiger partial charge in [-0.05, 0) is 18.6 Å². The van der Waals surface area contributed by atoms with Gasteiger partial charge < -0.3 is 9.72 Å². The van der Waals surface area contributed by atoms with Crippen LogP contribution in [-0.2, 0) is 16.6 Å². The van der Waals surface area contributed by atoms with Gasteiger partial charge in [0.2, 0.25) is 5.88 Å². The molecule has 0 unspecified atom stereocenters. The van der Waals surface area contributed by atoms with Gasteiger partial charge in [0.25, 0.3) is 10.0 Å². The number of methoxy groups -OCH3 is 1. The molecule has 0 aliphatic carbocycles. The number of ether oxygens (including phenoxy) is 1. The Kier molecular flexibility index (Phi) is 4.21. The highest BCUT2D eigenvalue weighted by Crippen LogP contribution is 2.16. The van der Waals surface area contributed by atoms with Gasteiger partial charge in [-0.15, -0.1) is 0 Å². The highest BCUT2D eigenvalue weighted by atomic mass is 32.2. The van der Waals surface area contributed by atoms with Gasteiger partial charge in [0.15, 0.2) is 4.21 Å². The normalized spacial score (nSPS) is 11.5. The summed E-state index contributed by atoms with van der Waals surface area (Å²) in [7, 11) is -2.23. The van der Waals surface area contributed by atoms with Crippen LogP contribution in [-0.4, -0.2) is 25.5 Å². The van der Waals surface area contributed by atoms with Crippen LogP contribution in [0.3, 0.4) is 0 Å². The lowest BCUT2D eigenvalue weighted by Gasteiger charge is -2.06. The number of thiazole rings is 1. The van der Waals surface area contributed by atoms with Crippen molar-refractivity contribution in [2.75, 3.05) is 7.11 Å². The number of nitrogens with one attached hydrogen (secondary N) is 2. The first-order valence-corrected chi connectivity index (χ1v) is 7.90. The van der Waals surface area contributed by atoms with Crippen molar-refractivity contribution in [1.29, 1.82) is 0 Å². The minimum atomic E-state index is -3.71. The number of nitrogens with zero attached hydrogens (tertiary/aromatic N) is 1. The van der Waals surface area contributed by atoms with Crippen LogP contribution in [0.1, 0.15) is 11.3 Å². The third kappa shape index (κ3) is 3.24. The fourth-order valence-corrected chi connectivity index (χ4v) is 3.92. The van der Waals surface area contributed by atoms with Gasteiger partial charge in [-0.2, -0.15) is 0 Å². The summed E-state index contributed by atoms with van der Waals surface area (Å²) in [5.74, 6) is 0.407. The minimum Gasteiger partial charge on any atom is -0.481 e. The van der Waals surface area contributed by atoms with Gasteiger partial charge in [-0.1, -0.05) is 11.3 Å². The molecule has 2 rings (SSSR count). The number of hydrogen-bond acceptors (Lipinski definition) is 6. The topological polar surface area (TPSA) is 101 Å². The molecule has 0 aromatic carbocycles. The SMILES string of the molecule is COc1cc(CNS(=O)(=O)c2sc(=O)[nH]c2C)ccn1. The first-order valence-electron chi connectivity index (χ1n) is 5.60. The highest BCUT2D eigenvalue weighted by Gasteiger charge is 2.20. The molecular weight excluding hydrogens is 302 g/mol. The van der Waals surface area contributed by atoms with Crippen molar-refractivity contribution < 1.29 is 13.2 Å². The lowest BCUT2D eigenvalue weighted by molar-refractivity contribution is 0.397. The number of aromatic amines is 1. The first kappa shape index (κ1) is 14.7. The second-order valence-electron chi connectivity index (χ2n) is 3.96. The van der Waals surface area contributed by atoms with E-state index in [1.54, 1.807) is 19.1 Å². The van der Waals surface area contributed by atoms with E-state index >= 15 is 0 Å². The second-order valence-corrected chi connectivity index (χ2v) is 6.90. The van der Waals surface area contributed by atoms with Gasteiger partial charge in [0.05, 0.1) is 7.11 Å². The lowest BCUT2D eigenvalue weighted by atomic mass is 10.3. The molecule has 0 aliphatic rings. The summed E-state index contributed by atoms with van der Waals surface area (Å²) < 4.78 is 31.6. The Morgan fingerprint density at radius 1 is 1.50 bits per heavy atom. The molecule has 9 heteroatoms. The standard InChI is InChI=1S/C11H13N3O4S2/c1-7-10(19-11(15)14-7)20(16,17)13-6-8-3-4-12-9(5-8)18-2/h3-5,13H,6H2,1-2H3,(H,14,15). The van der Waals surface area contributed by atoms with E-state index in [1.165, 1.54) is 13.3 Å². The predicted molar refractivity (Wildman–Crippen MR) is 74.5 cm³/mol. The molecule has 0 bridgehead atoms. The van der Waals surface area contributed by atoms with Crippen LogP contribution in [0.15, 0.2) is 27.3 Å². The van der Waals surface area contributed by atoms with E-state index in [9.17, 15) is 13.2 Å².